The molecule has 1 aromatic carbocycles. The van der Waals surface area contributed by atoms with Gasteiger partial charge in [-0.2, -0.15) is 0 Å². The molecule has 1 aromatic heterocycles. The van der Waals surface area contributed by atoms with Gasteiger partial charge in [0.25, 0.3) is 0 Å². The van der Waals surface area contributed by atoms with E-state index in [-0.39, 0.29) is 6.04 Å². The van der Waals surface area contributed by atoms with E-state index in [9.17, 15) is 0 Å². The summed E-state index contributed by atoms with van der Waals surface area (Å²) in [5, 5.41) is 3.54. The fraction of sp³-hybridized carbons (Fsp3) is 0.400. The predicted molar refractivity (Wildman–Crippen MR) is 75.9 cm³/mol. The van der Waals surface area contributed by atoms with Crippen LogP contribution in [0.1, 0.15) is 30.8 Å². The molecule has 0 radical (unpaired) electrons. The third-order valence-electron chi connectivity index (χ3n) is 3.45. The zero-order valence-electron chi connectivity index (χ0n) is 11.8. The van der Waals surface area contributed by atoms with E-state index in [0.29, 0.717) is 6.79 Å². The van der Waals surface area contributed by atoms with Crippen molar-refractivity contribution >= 4 is 0 Å². The fourth-order valence-corrected chi connectivity index (χ4v) is 2.39. The number of rotatable bonds is 5. The number of ether oxygens (including phenoxy) is 2. The minimum atomic E-state index is 0.0597. The second kappa shape index (κ2) is 5.54. The quantitative estimate of drug-likeness (QED) is 0.907. The van der Waals surface area contributed by atoms with Crippen LogP contribution in [0.2, 0.25) is 0 Å². The van der Waals surface area contributed by atoms with Crippen LogP contribution in [0.15, 0.2) is 30.6 Å². The molecular formula is C15H19N3O2. The number of nitrogens with one attached hydrogen (secondary N) is 1. The SMILES string of the molecule is CCCNC(c1ccc2c(c1)OCO2)c1nccn1C. The van der Waals surface area contributed by atoms with Crippen molar-refractivity contribution in [3.8, 4) is 11.5 Å². The lowest BCUT2D eigenvalue weighted by molar-refractivity contribution is 0.174. The molecule has 0 saturated heterocycles. The maximum Gasteiger partial charge on any atom is 0.231 e. The van der Waals surface area contributed by atoms with Gasteiger partial charge in [0.2, 0.25) is 6.79 Å². The van der Waals surface area contributed by atoms with E-state index in [2.05, 4.69) is 23.3 Å². The summed E-state index contributed by atoms with van der Waals surface area (Å²) in [5.74, 6) is 2.61. The van der Waals surface area contributed by atoms with E-state index in [0.717, 1.165) is 35.9 Å². The van der Waals surface area contributed by atoms with Crippen molar-refractivity contribution in [1.82, 2.24) is 14.9 Å². The number of fused-ring (bicyclic) bond motifs is 1. The number of imidazole rings is 1. The summed E-state index contributed by atoms with van der Waals surface area (Å²) < 4.78 is 12.9. The Balaban J connectivity index is 1.94. The predicted octanol–water partition coefficient (Wildman–Crippen LogP) is 2.24. The average molecular weight is 273 g/mol. The zero-order chi connectivity index (χ0) is 13.9. The Morgan fingerprint density at radius 3 is 2.95 bits per heavy atom. The molecule has 0 spiro atoms. The lowest BCUT2D eigenvalue weighted by Gasteiger charge is -2.19. The maximum atomic E-state index is 5.46. The van der Waals surface area contributed by atoms with Crippen molar-refractivity contribution < 1.29 is 9.47 Å². The van der Waals surface area contributed by atoms with Gasteiger partial charge in [0.05, 0.1) is 6.04 Å². The van der Waals surface area contributed by atoms with Crippen LogP contribution in [0.25, 0.3) is 0 Å². The normalized spacial score (nSPS) is 14.5. The Labute approximate surface area is 118 Å². The van der Waals surface area contributed by atoms with Crippen LogP contribution in [-0.2, 0) is 7.05 Å². The molecule has 1 aliphatic heterocycles. The monoisotopic (exact) mass is 273 g/mol. The van der Waals surface area contributed by atoms with Crippen LogP contribution in [0.5, 0.6) is 11.5 Å². The first-order valence-electron chi connectivity index (χ1n) is 6.89. The lowest BCUT2D eigenvalue weighted by Crippen LogP contribution is -2.25. The minimum absolute atomic E-state index is 0.0597. The molecule has 106 valence electrons. The largest absolute Gasteiger partial charge is 0.454 e. The van der Waals surface area contributed by atoms with Crippen LogP contribution in [0.3, 0.4) is 0 Å². The van der Waals surface area contributed by atoms with Gasteiger partial charge in [0, 0.05) is 19.4 Å². The summed E-state index contributed by atoms with van der Waals surface area (Å²) in [6, 6.07) is 6.12. The highest BCUT2D eigenvalue weighted by molar-refractivity contribution is 5.46. The third kappa shape index (κ3) is 2.36. The van der Waals surface area contributed by atoms with E-state index in [1.54, 1.807) is 0 Å². The van der Waals surface area contributed by atoms with E-state index in [1.807, 2.05) is 36.1 Å². The van der Waals surface area contributed by atoms with Gasteiger partial charge in [-0.25, -0.2) is 4.98 Å². The van der Waals surface area contributed by atoms with Crippen LogP contribution < -0.4 is 14.8 Å². The molecule has 1 unspecified atom stereocenters. The first-order valence-corrected chi connectivity index (χ1v) is 6.89. The molecule has 1 N–H and O–H groups in total. The molecule has 20 heavy (non-hydrogen) atoms. The maximum absolute atomic E-state index is 5.46. The van der Waals surface area contributed by atoms with E-state index in [4.69, 9.17) is 9.47 Å². The molecule has 0 aliphatic carbocycles. The Kier molecular flexibility index (Phi) is 3.60. The summed E-state index contributed by atoms with van der Waals surface area (Å²) in [6.45, 7) is 3.39. The van der Waals surface area contributed by atoms with Crippen molar-refractivity contribution in [2.45, 2.75) is 19.4 Å². The van der Waals surface area contributed by atoms with Gasteiger partial charge in [-0.15, -0.1) is 0 Å². The Morgan fingerprint density at radius 1 is 1.35 bits per heavy atom. The van der Waals surface area contributed by atoms with Crippen LogP contribution in [0.4, 0.5) is 0 Å². The Morgan fingerprint density at radius 2 is 2.20 bits per heavy atom. The highest BCUT2D eigenvalue weighted by Gasteiger charge is 2.21. The van der Waals surface area contributed by atoms with Crippen LogP contribution in [0, 0.1) is 0 Å². The van der Waals surface area contributed by atoms with Crippen molar-refractivity contribution in [3.05, 3.63) is 42.0 Å². The third-order valence-corrected chi connectivity index (χ3v) is 3.45. The van der Waals surface area contributed by atoms with Gasteiger partial charge in [-0.1, -0.05) is 13.0 Å². The molecule has 0 fully saturated rings. The van der Waals surface area contributed by atoms with Crippen molar-refractivity contribution in [1.29, 1.82) is 0 Å². The van der Waals surface area contributed by atoms with Gasteiger partial charge in [-0.05, 0) is 30.7 Å². The number of hydrogen-bond donors (Lipinski definition) is 1. The Hall–Kier alpha value is -2.01. The second-order valence-corrected chi connectivity index (χ2v) is 4.90. The summed E-state index contributed by atoms with van der Waals surface area (Å²) in [4.78, 5) is 4.47. The topological polar surface area (TPSA) is 48.3 Å². The number of aromatic nitrogens is 2. The standard InChI is InChI=1S/C15H19N3O2/c1-3-6-16-14(15-17-7-8-18(15)2)11-4-5-12-13(9-11)20-10-19-12/h4-5,7-9,14,16H,3,6,10H2,1-2H3. The van der Waals surface area contributed by atoms with Gasteiger partial charge in [-0.3, -0.25) is 0 Å². The molecule has 3 rings (SSSR count). The molecule has 2 aromatic rings. The zero-order valence-corrected chi connectivity index (χ0v) is 11.8. The Bertz CT molecular complexity index is 595. The van der Waals surface area contributed by atoms with E-state index < -0.39 is 0 Å². The van der Waals surface area contributed by atoms with Crippen molar-refractivity contribution in [2.75, 3.05) is 13.3 Å². The molecule has 2 heterocycles. The smallest absolute Gasteiger partial charge is 0.231 e. The molecule has 0 saturated carbocycles. The first-order chi connectivity index (χ1) is 9.79. The van der Waals surface area contributed by atoms with Crippen LogP contribution >= 0.6 is 0 Å². The average Bonchev–Trinajstić information content (AvgIpc) is 3.08. The summed E-state index contributed by atoms with van der Waals surface area (Å²) in [5.41, 5.74) is 1.14. The van der Waals surface area contributed by atoms with Gasteiger partial charge in [0.15, 0.2) is 11.5 Å². The van der Waals surface area contributed by atoms with E-state index >= 15 is 0 Å². The minimum Gasteiger partial charge on any atom is -0.454 e. The number of hydrogen-bond acceptors (Lipinski definition) is 4. The summed E-state index contributed by atoms with van der Waals surface area (Å²) in [7, 11) is 2.01. The van der Waals surface area contributed by atoms with Gasteiger partial charge >= 0.3 is 0 Å². The highest BCUT2D eigenvalue weighted by Crippen LogP contribution is 2.35. The second-order valence-electron chi connectivity index (χ2n) is 4.90. The summed E-state index contributed by atoms with van der Waals surface area (Å²) >= 11 is 0. The molecule has 5 nitrogen and oxygen atoms in total. The molecular weight excluding hydrogens is 254 g/mol. The number of nitrogens with zero attached hydrogens (tertiary/aromatic N) is 2. The molecule has 0 amide bonds. The van der Waals surface area contributed by atoms with Gasteiger partial charge in [0.1, 0.15) is 5.82 Å². The number of aryl methyl sites for hydroxylation is 1. The summed E-state index contributed by atoms with van der Waals surface area (Å²) in [6.07, 6.45) is 4.86. The van der Waals surface area contributed by atoms with Crippen LogP contribution in [-0.4, -0.2) is 22.9 Å². The molecule has 1 aliphatic rings. The van der Waals surface area contributed by atoms with Gasteiger partial charge < -0.3 is 19.4 Å². The molecule has 5 heteroatoms. The first kappa shape index (κ1) is 13.0. The van der Waals surface area contributed by atoms with E-state index in [1.165, 1.54) is 0 Å². The van der Waals surface area contributed by atoms with Crippen molar-refractivity contribution in [2.24, 2.45) is 7.05 Å². The lowest BCUT2D eigenvalue weighted by atomic mass is 10.1. The molecule has 1 atom stereocenters. The van der Waals surface area contributed by atoms with Crippen molar-refractivity contribution in [3.63, 3.8) is 0 Å². The number of benzene rings is 1. The highest BCUT2D eigenvalue weighted by atomic mass is 16.7. The fourth-order valence-electron chi connectivity index (χ4n) is 2.39. The molecule has 0 bridgehead atoms.